The lowest BCUT2D eigenvalue weighted by atomic mass is 9.98. The van der Waals surface area contributed by atoms with Gasteiger partial charge in [-0.3, -0.25) is 9.59 Å². The quantitative estimate of drug-likeness (QED) is 0.416. The Morgan fingerprint density at radius 2 is 2.27 bits per heavy atom. The van der Waals surface area contributed by atoms with Gasteiger partial charge in [-0.25, -0.2) is 0 Å². The third-order valence-electron chi connectivity index (χ3n) is 2.22. The summed E-state index contributed by atoms with van der Waals surface area (Å²) in [4.78, 5) is 22.1. The van der Waals surface area contributed by atoms with Crippen LogP contribution in [0.25, 0.3) is 0 Å². The smallest absolute Gasteiger partial charge is 0.316 e. The average molecular weight is 156 g/mol. The molecule has 62 valence electrons. The topological polar surface area (TPSA) is 43.4 Å². The molecule has 0 aliphatic heterocycles. The highest BCUT2D eigenvalue weighted by molar-refractivity contribution is 6.00. The van der Waals surface area contributed by atoms with E-state index in [0.717, 1.165) is 6.42 Å². The number of ether oxygens (including phenoxy) is 1. The summed E-state index contributed by atoms with van der Waals surface area (Å²) in [5.41, 5.74) is 0. The highest BCUT2D eigenvalue weighted by Gasteiger charge is 2.37. The number of rotatable bonds is 1. The van der Waals surface area contributed by atoms with E-state index in [4.69, 9.17) is 0 Å². The molecule has 1 saturated carbocycles. The maximum atomic E-state index is 11.1. The van der Waals surface area contributed by atoms with E-state index >= 15 is 0 Å². The number of methoxy groups -OCH3 is 1. The Bertz CT molecular complexity index is 186. The van der Waals surface area contributed by atoms with Crippen LogP contribution in [0, 0.1) is 11.8 Å². The van der Waals surface area contributed by atoms with Gasteiger partial charge in [0.25, 0.3) is 0 Å². The number of carbonyl (C=O) groups is 2. The van der Waals surface area contributed by atoms with Gasteiger partial charge in [0.1, 0.15) is 11.7 Å². The van der Waals surface area contributed by atoms with E-state index in [1.54, 1.807) is 0 Å². The van der Waals surface area contributed by atoms with Gasteiger partial charge in [0.05, 0.1) is 7.11 Å². The van der Waals surface area contributed by atoms with Gasteiger partial charge < -0.3 is 4.74 Å². The monoisotopic (exact) mass is 156 g/mol. The molecule has 0 N–H and O–H groups in total. The first-order chi connectivity index (χ1) is 5.16. The molecule has 1 unspecified atom stereocenters. The van der Waals surface area contributed by atoms with Crippen molar-refractivity contribution in [2.45, 2.75) is 19.8 Å². The highest BCUT2D eigenvalue weighted by Crippen LogP contribution is 2.28. The molecule has 0 aromatic rings. The van der Waals surface area contributed by atoms with Crippen LogP contribution < -0.4 is 0 Å². The van der Waals surface area contributed by atoms with E-state index < -0.39 is 5.92 Å². The first kappa shape index (κ1) is 8.24. The minimum absolute atomic E-state index is 0.0318. The number of Topliss-reactive ketones (excluding diaryl/α,β-unsaturated/α-hetero) is 1. The largest absolute Gasteiger partial charge is 0.468 e. The second-order valence-corrected chi connectivity index (χ2v) is 2.98. The summed E-state index contributed by atoms with van der Waals surface area (Å²) in [6.45, 7) is 1.91. The van der Waals surface area contributed by atoms with E-state index in [9.17, 15) is 9.59 Å². The molecule has 1 rings (SSSR count). The molecule has 11 heavy (non-hydrogen) atoms. The van der Waals surface area contributed by atoms with Crippen molar-refractivity contribution < 1.29 is 14.3 Å². The minimum atomic E-state index is -0.486. The molecule has 0 heterocycles. The summed E-state index contributed by atoms with van der Waals surface area (Å²) in [7, 11) is 1.32. The Labute approximate surface area is 65.7 Å². The summed E-state index contributed by atoms with van der Waals surface area (Å²) in [6.07, 6.45) is 1.35. The average Bonchev–Trinajstić information content (AvgIpc) is 2.30. The van der Waals surface area contributed by atoms with Crippen molar-refractivity contribution in [3.63, 3.8) is 0 Å². The lowest BCUT2D eigenvalue weighted by Crippen LogP contribution is -2.24. The van der Waals surface area contributed by atoms with Crippen molar-refractivity contribution in [2.75, 3.05) is 7.11 Å². The second kappa shape index (κ2) is 3.03. The normalized spacial score (nSPS) is 30.5. The Balaban J connectivity index is 2.68. The number of ketones is 1. The van der Waals surface area contributed by atoms with Gasteiger partial charge in [-0.1, -0.05) is 6.92 Å². The zero-order valence-corrected chi connectivity index (χ0v) is 6.79. The van der Waals surface area contributed by atoms with Crippen LogP contribution in [0.5, 0.6) is 0 Å². The van der Waals surface area contributed by atoms with Gasteiger partial charge in [0.15, 0.2) is 0 Å². The number of hydrogen-bond donors (Lipinski definition) is 0. The number of hydrogen-bond acceptors (Lipinski definition) is 3. The Hall–Kier alpha value is -0.860. The zero-order chi connectivity index (χ0) is 8.43. The van der Waals surface area contributed by atoms with Crippen LogP contribution in [0.15, 0.2) is 0 Å². The maximum absolute atomic E-state index is 11.1. The van der Waals surface area contributed by atoms with Gasteiger partial charge in [-0.2, -0.15) is 0 Å². The van der Waals surface area contributed by atoms with E-state index in [0.29, 0.717) is 6.42 Å². The van der Waals surface area contributed by atoms with Crippen LogP contribution >= 0.6 is 0 Å². The fourth-order valence-corrected chi connectivity index (χ4v) is 1.50. The van der Waals surface area contributed by atoms with E-state index in [-0.39, 0.29) is 17.7 Å². The molecule has 0 aromatic heterocycles. The van der Waals surface area contributed by atoms with Crippen LogP contribution in [0.4, 0.5) is 0 Å². The molecule has 1 aliphatic rings. The van der Waals surface area contributed by atoms with Crippen molar-refractivity contribution in [1.82, 2.24) is 0 Å². The van der Waals surface area contributed by atoms with Crippen LogP contribution in [-0.4, -0.2) is 18.9 Å². The lowest BCUT2D eigenvalue weighted by molar-refractivity contribution is -0.149. The molecular formula is C8H12O3. The van der Waals surface area contributed by atoms with Crippen LogP contribution in [0.3, 0.4) is 0 Å². The van der Waals surface area contributed by atoms with Gasteiger partial charge in [-0.15, -0.1) is 0 Å². The van der Waals surface area contributed by atoms with Crippen LogP contribution in [0.2, 0.25) is 0 Å². The van der Waals surface area contributed by atoms with Gasteiger partial charge in [0, 0.05) is 6.42 Å². The maximum Gasteiger partial charge on any atom is 0.316 e. The standard InChI is InChI=1S/C8H12O3/c1-5-3-4-6(9)7(5)8(10)11-2/h5,7H,3-4H2,1-2H3/t5-,7?/m0/s1. The zero-order valence-electron chi connectivity index (χ0n) is 6.79. The third kappa shape index (κ3) is 1.42. The molecular weight excluding hydrogens is 144 g/mol. The molecule has 0 spiro atoms. The van der Waals surface area contributed by atoms with Crippen molar-refractivity contribution in [2.24, 2.45) is 11.8 Å². The van der Waals surface area contributed by atoms with E-state index in [1.807, 2.05) is 6.92 Å². The fourth-order valence-electron chi connectivity index (χ4n) is 1.50. The Morgan fingerprint density at radius 3 is 2.64 bits per heavy atom. The summed E-state index contributed by atoms with van der Waals surface area (Å²) in [5, 5.41) is 0. The minimum Gasteiger partial charge on any atom is -0.468 e. The predicted octanol–water partition coefficient (Wildman–Crippen LogP) is 0.775. The SMILES string of the molecule is COC(=O)C1C(=O)CC[C@@H]1C. The third-order valence-corrected chi connectivity index (χ3v) is 2.22. The number of carbonyl (C=O) groups excluding carboxylic acids is 2. The second-order valence-electron chi connectivity index (χ2n) is 2.98. The molecule has 1 aliphatic carbocycles. The molecule has 0 saturated heterocycles. The highest BCUT2D eigenvalue weighted by atomic mass is 16.5. The number of esters is 1. The summed E-state index contributed by atoms with van der Waals surface area (Å²) in [6, 6.07) is 0. The molecule has 1 fully saturated rings. The summed E-state index contributed by atoms with van der Waals surface area (Å²) < 4.78 is 4.52. The van der Waals surface area contributed by atoms with Crippen LogP contribution in [0.1, 0.15) is 19.8 Å². The molecule has 0 aromatic carbocycles. The molecule has 0 bridgehead atoms. The summed E-state index contributed by atoms with van der Waals surface area (Å²) >= 11 is 0. The van der Waals surface area contributed by atoms with Crippen molar-refractivity contribution in [3.8, 4) is 0 Å². The van der Waals surface area contributed by atoms with Crippen molar-refractivity contribution >= 4 is 11.8 Å². The van der Waals surface area contributed by atoms with Gasteiger partial charge in [0.2, 0.25) is 0 Å². The first-order valence-corrected chi connectivity index (χ1v) is 3.77. The first-order valence-electron chi connectivity index (χ1n) is 3.77. The fraction of sp³-hybridized carbons (Fsp3) is 0.750. The Morgan fingerprint density at radius 1 is 1.64 bits per heavy atom. The molecule has 3 nitrogen and oxygen atoms in total. The van der Waals surface area contributed by atoms with E-state index in [2.05, 4.69) is 4.74 Å². The molecule has 2 atom stereocenters. The van der Waals surface area contributed by atoms with Gasteiger partial charge >= 0.3 is 5.97 Å². The van der Waals surface area contributed by atoms with Gasteiger partial charge in [-0.05, 0) is 12.3 Å². The lowest BCUT2D eigenvalue weighted by Gasteiger charge is -2.09. The van der Waals surface area contributed by atoms with Crippen LogP contribution in [-0.2, 0) is 14.3 Å². The molecule has 0 amide bonds. The molecule has 0 radical (unpaired) electrons. The van der Waals surface area contributed by atoms with Crippen molar-refractivity contribution in [3.05, 3.63) is 0 Å². The predicted molar refractivity (Wildman–Crippen MR) is 38.9 cm³/mol. The van der Waals surface area contributed by atoms with E-state index in [1.165, 1.54) is 7.11 Å². The molecule has 3 heteroatoms. The summed E-state index contributed by atoms with van der Waals surface area (Å²) in [5.74, 6) is -0.667. The Kier molecular flexibility index (Phi) is 2.27. The van der Waals surface area contributed by atoms with Crippen molar-refractivity contribution in [1.29, 1.82) is 0 Å².